The monoisotopic (exact) mass is 434 g/mol. The van der Waals surface area contributed by atoms with E-state index in [4.69, 9.17) is 5.11 Å². The zero-order valence-corrected chi connectivity index (χ0v) is 17.3. The van der Waals surface area contributed by atoms with Crippen molar-refractivity contribution in [2.24, 2.45) is 0 Å². The van der Waals surface area contributed by atoms with Gasteiger partial charge in [0.1, 0.15) is 17.7 Å². The molecule has 0 bridgehead atoms. The maximum Gasteiger partial charge on any atom is 0.326 e. The molecule has 0 saturated heterocycles. The number of carboxylic acid groups (broad SMARTS) is 2. The van der Waals surface area contributed by atoms with Crippen molar-refractivity contribution < 1.29 is 24.6 Å². The molecule has 0 saturated carbocycles. The summed E-state index contributed by atoms with van der Waals surface area (Å²) in [4.78, 5) is 43.4. The van der Waals surface area contributed by atoms with E-state index < -0.39 is 23.9 Å². The van der Waals surface area contributed by atoms with Crippen molar-refractivity contribution in [1.29, 1.82) is 0 Å². The normalized spacial score (nSPS) is 11.4. The predicted octanol–water partition coefficient (Wildman–Crippen LogP) is 3.24. The molecular weight excluding hydrogens is 412 g/mol. The number of anilines is 2. The van der Waals surface area contributed by atoms with Crippen LogP contribution in [0.2, 0.25) is 0 Å². The standard InChI is InChI=1S/C23H22N4O5/c1-14-24-19(15-6-3-2-4-7-15)13-20(25-14)26-17-9-5-8-16(12-17)22(30)27-18(23(31)32)10-11-21(28)29/h2-9,12-13,18H,10-11H2,1H3,(H,27,30)(H,28,29)(H,31,32)(H,24,25,26). The van der Waals surface area contributed by atoms with E-state index in [0.717, 1.165) is 11.3 Å². The number of carboxylic acids is 2. The van der Waals surface area contributed by atoms with Crippen LogP contribution in [-0.2, 0) is 9.59 Å². The first kappa shape index (κ1) is 22.4. The molecule has 9 heteroatoms. The number of aliphatic carboxylic acids is 2. The lowest BCUT2D eigenvalue weighted by atomic mass is 10.1. The second kappa shape index (κ2) is 10.2. The largest absolute Gasteiger partial charge is 0.481 e. The summed E-state index contributed by atoms with van der Waals surface area (Å²) in [5.41, 5.74) is 2.49. The van der Waals surface area contributed by atoms with Crippen LogP contribution in [0.3, 0.4) is 0 Å². The third-order valence-electron chi connectivity index (χ3n) is 4.55. The Kier molecular flexibility index (Phi) is 7.12. The van der Waals surface area contributed by atoms with Gasteiger partial charge in [0, 0.05) is 29.3 Å². The zero-order valence-electron chi connectivity index (χ0n) is 17.3. The highest BCUT2D eigenvalue weighted by Crippen LogP contribution is 2.22. The van der Waals surface area contributed by atoms with Crippen molar-refractivity contribution >= 4 is 29.4 Å². The highest BCUT2D eigenvalue weighted by atomic mass is 16.4. The molecule has 32 heavy (non-hydrogen) atoms. The van der Waals surface area contributed by atoms with Gasteiger partial charge in [-0.05, 0) is 31.5 Å². The van der Waals surface area contributed by atoms with Gasteiger partial charge in [-0.2, -0.15) is 0 Å². The van der Waals surface area contributed by atoms with Crippen LogP contribution >= 0.6 is 0 Å². The molecule has 4 N–H and O–H groups in total. The lowest BCUT2D eigenvalue weighted by Gasteiger charge is -2.14. The van der Waals surface area contributed by atoms with Crippen LogP contribution in [0.5, 0.6) is 0 Å². The second-order valence-corrected chi connectivity index (χ2v) is 7.05. The molecule has 1 atom stereocenters. The van der Waals surface area contributed by atoms with Crippen molar-refractivity contribution in [3.8, 4) is 11.3 Å². The number of carbonyl (C=O) groups excluding carboxylic acids is 1. The van der Waals surface area contributed by atoms with Gasteiger partial charge >= 0.3 is 11.9 Å². The summed E-state index contributed by atoms with van der Waals surface area (Å²) in [6.45, 7) is 1.78. The summed E-state index contributed by atoms with van der Waals surface area (Å²) in [5, 5.41) is 23.5. The topological polar surface area (TPSA) is 142 Å². The Bertz CT molecular complexity index is 1130. The average molecular weight is 434 g/mol. The fourth-order valence-corrected chi connectivity index (χ4v) is 3.04. The third kappa shape index (κ3) is 6.11. The van der Waals surface area contributed by atoms with Crippen molar-refractivity contribution in [1.82, 2.24) is 15.3 Å². The number of amides is 1. The van der Waals surface area contributed by atoms with Crippen molar-refractivity contribution in [3.63, 3.8) is 0 Å². The fraction of sp³-hybridized carbons (Fsp3) is 0.174. The van der Waals surface area contributed by atoms with Crippen molar-refractivity contribution in [2.75, 3.05) is 5.32 Å². The highest BCUT2D eigenvalue weighted by Gasteiger charge is 2.21. The Balaban J connectivity index is 1.76. The van der Waals surface area contributed by atoms with Gasteiger partial charge in [-0.15, -0.1) is 0 Å². The number of nitrogens with zero attached hydrogens (tertiary/aromatic N) is 2. The molecule has 0 radical (unpaired) electrons. The zero-order chi connectivity index (χ0) is 23.1. The van der Waals surface area contributed by atoms with Gasteiger partial charge in [-0.1, -0.05) is 36.4 Å². The number of aromatic nitrogens is 2. The predicted molar refractivity (Wildman–Crippen MR) is 118 cm³/mol. The first-order chi connectivity index (χ1) is 15.3. The average Bonchev–Trinajstić information content (AvgIpc) is 2.76. The van der Waals surface area contributed by atoms with Crippen molar-refractivity contribution in [2.45, 2.75) is 25.8 Å². The first-order valence-electron chi connectivity index (χ1n) is 9.85. The smallest absolute Gasteiger partial charge is 0.326 e. The molecular formula is C23H22N4O5. The second-order valence-electron chi connectivity index (χ2n) is 7.05. The van der Waals surface area contributed by atoms with Gasteiger partial charge in [-0.3, -0.25) is 9.59 Å². The number of nitrogens with one attached hydrogen (secondary N) is 2. The van der Waals surface area contributed by atoms with Crippen LogP contribution < -0.4 is 10.6 Å². The van der Waals surface area contributed by atoms with Gasteiger partial charge < -0.3 is 20.8 Å². The fourth-order valence-electron chi connectivity index (χ4n) is 3.04. The lowest BCUT2D eigenvalue weighted by molar-refractivity contribution is -0.140. The molecule has 1 unspecified atom stereocenters. The minimum absolute atomic E-state index is 0.211. The molecule has 1 amide bonds. The summed E-state index contributed by atoms with van der Waals surface area (Å²) in [7, 11) is 0. The van der Waals surface area contributed by atoms with Crippen LogP contribution in [0.15, 0.2) is 60.7 Å². The number of hydrogen-bond acceptors (Lipinski definition) is 6. The minimum Gasteiger partial charge on any atom is -0.481 e. The van der Waals surface area contributed by atoms with Crippen molar-refractivity contribution in [3.05, 3.63) is 72.1 Å². The van der Waals surface area contributed by atoms with E-state index in [1.165, 1.54) is 6.07 Å². The van der Waals surface area contributed by atoms with E-state index in [1.807, 2.05) is 30.3 Å². The van der Waals surface area contributed by atoms with Gasteiger partial charge in [0.15, 0.2) is 0 Å². The molecule has 3 aromatic rings. The first-order valence-corrected chi connectivity index (χ1v) is 9.85. The van der Waals surface area contributed by atoms with Crippen LogP contribution in [0, 0.1) is 6.92 Å². The molecule has 2 aromatic carbocycles. The summed E-state index contributed by atoms with van der Waals surface area (Å²) < 4.78 is 0. The van der Waals surface area contributed by atoms with Gasteiger partial charge in [0.05, 0.1) is 5.69 Å². The molecule has 0 aliphatic rings. The molecule has 1 aromatic heterocycles. The van der Waals surface area contributed by atoms with E-state index in [1.54, 1.807) is 31.2 Å². The molecule has 3 rings (SSSR count). The summed E-state index contributed by atoms with van der Waals surface area (Å²) in [6.07, 6.45) is -0.577. The minimum atomic E-state index is -1.30. The Labute approximate surface area is 184 Å². The van der Waals surface area contributed by atoms with Crippen LogP contribution in [0.25, 0.3) is 11.3 Å². The maximum atomic E-state index is 12.5. The van der Waals surface area contributed by atoms with Crippen LogP contribution in [-0.4, -0.2) is 44.1 Å². The molecule has 0 aliphatic carbocycles. The number of rotatable bonds is 9. The maximum absolute atomic E-state index is 12.5. The number of carbonyl (C=O) groups is 3. The number of benzene rings is 2. The quantitative estimate of drug-likeness (QED) is 0.402. The Morgan fingerprint density at radius 1 is 0.969 bits per heavy atom. The molecule has 0 aliphatic heterocycles. The Hall–Kier alpha value is -4.27. The number of aryl methyl sites for hydroxylation is 1. The van der Waals surface area contributed by atoms with Gasteiger partial charge in [0.25, 0.3) is 5.91 Å². The Morgan fingerprint density at radius 2 is 1.72 bits per heavy atom. The lowest BCUT2D eigenvalue weighted by Crippen LogP contribution is -2.41. The van der Waals surface area contributed by atoms with Crippen LogP contribution in [0.4, 0.5) is 11.5 Å². The molecule has 1 heterocycles. The molecule has 0 spiro atoms. The third-order valence-corrected chi connectivity index (χ3v) is 4.55. The molecule has 0 fully saturated rings. The van der Waals surface area contributed by atoms with Gasteiger partial charge in [-0.25, -0.2) is 14.8 Å². The van der Waals surface area contributed by atoms with E-state index in [0.29, 0.717) is 17.3 Å². The Morgan fingerprint density at radius 3 is 2.41 bits per heavy atom. The van der Waals surface area contributed by atoms with Gasteiger partial charge in [0.2, 0.25) is 0 Å². The van der Waals surface area contributed by atoms with E-state index in [2.05, 4.69) is 20.6 Å². The van der Waals surface area contributed by atoms with E-state index in [9.17, 15) is 19.5 Å². The SMILES string of the molecule is Cc1nc(Nc2cccc(C(=O)NC(CCC(=O)O)C(=O)O)c2)cc(-c2ccccc2)n1. The van der Waals surface area contributed by atoms with E-state index >= 15 is 0 Å². The van der Waals surface area contributed by atoms with E-state index in [-0.39, 0.29) is 18.4 Å². The summed E-state index contributed by atoms with van der Waals surface area (Å²) in [6, 6.07) is 16.6. The highest BCUT2D eigenvalue weighted by molar-refractivity contribution is 5.97. The summed E-state index contributed by atoms with van der Waals surface area (Å²) >= 11 is 0. The van der Waals surface area contributed by atoms with Crippen LogP contribution in [0.1, 0.15) is 29.0 Å². The molecule has 9 nitrogen and oxygen atoms in total. The number of hydrogen-bond donors (Lipinski definition) is 4. The molecule has 164 valence electrons. The summed E-state index contributed by atoms with van der Waals surface area (Å²) in [5.74, 6) is -1.93.